The van der Waals surface area contributed by atoms with Gasteiger partial charge in [-0.3, -0.25) is 9.59 Å². The van der Waals surface area contributed by atoms with Crippen LogP contribution in [0.4, 0.5) is 11.4 Å². The molecule has 26 heavy (non-hydrogen) atoms. The van der Waals surface area contributed by atoms with Crippen LogP contribution >= 0.6 is 15.9 Å². The molecule has 0 heterocycles. The molecule has 0 aliphatic heterocycles. The molecule has 138 valence electrons. The lowest BCUT2D eigenvalue weighted by molar-refractivity contribution is -0.881. The molecule has 0 bridgehead atoms. The van der Waals surface area contributed by atoms with Gasteiger partial charge in [-0.05, 0) is 37.3 Å². The maximum Gasteiger partial charge on any atom is 0.279 e. The molecule has 0 aliphatic carbocycles. The van der Waals surface area contributed by atoms with Crippen LogP contribution in [0.25, 0.3) is 0 Å². The van der Waals surface area contributed by atoms with E-state index in [1.54, 1.807) is 19.2 Å². The lowest BCUT2D eigenvalue weighted by Gasteiger charge is -2.17. The number of carbonyl (C=O) groups is 2. The zero-order valence-corrected chi connectivity index (χ0v) is 16.4. The minimum Gasteiger partial charge on any atom is -0.495 e. The SMILES string of the molecule is CC[NH+](CC(=O)Nc1cccc(Br)c1)CC(=O)Nc1ccccc1OC. The highest BCUT2D eigenvalue weighted by atomic mass is 79.9. The number of carbonyl (C=O) groups excluding carboxylic acids is 2. The van der Waals surface area contributed by atoms with Gasteiger partial charge < -0.3 is 20.3 Å². The van der Waals surface area contributed by atoms with E-state index in [2.05, 4.69) is 26.6 Å². The van der Waals surface area contributed by atoms with Crippen LogP contribution in [0, 0.1) is 0 Å². The summed E-state index contributed by atoms with van der Waals surface area (Å²) in [6.07, 6.45) is 0. The maximum atomic E-state index is 12.3. The van der Waals surface area contributed by atoms with Crippen molar-refractivity contribution in [3.8, 4) is 5.75 Å². The summed E-state index contributed by atoms with van der Waals surface area (Å²) in [5.74, 6) is 0.304. The van der Waals surface area contributed by atoms with Crippen LogP contribution < -0.4 is 20.3 Å². The van der Waals surface area contributed by atoms with Gasteiger partial charge in [0.25, 0.3) is 11.8 Å². The van der Waals surface area contributed by atoms with Crippen molar-refractivity contribution in [1.82, 2.24) is 0 Å². The molecule has 7 heteroatoms. The molecular weight excluding hydrogens is 398 g/mol. The molecule has 0 saturated heterocycles. The van der Waals surface area contributed by atoms with E-state index in [1.165, 1.54) is 0 Å². The molecule has 0 radical (unpaired) electrons. The highest BCUT2D eigenvalue weighted by Crippen LogP contribution is 2.22. The smallest absolute Gasteiger partial charge is 0.279 e. The number of rotatable bonds is 8. The van der Waals surface area contributed by atoms with Gasteiger partial charge in [-0.15, -0.1) is 0 Å². The quantitative estimate of drug-likeness (QED) is 0.610. The zero-order valence-electron chi connectivity index (χ0n) is 14.8. The van der Waals surface area contributed by atoms with Gasteiger partial charge in [0, 0.05) is 10.2 Å². The number of quaternary nitrogens is 1. The first-order valence-corrected chi connectivity index (χ1v) is 9.13. The summed E-state index contributed by atoms with van der Waals surface area (Å²) >= 11 is 3.37. The average Bonchev–Trinajstić information content (AvgIpc) is 2.61. The fourth-order valence-corrected chi connectivity index (χ4v) is 2.88. The van der Waals surface area contributed by atoms with Crippen molar-refractivity contribution in [3.63, 3.8) is 0 Å². The second-order valence-electron chi connectivity index (χ2n) is 5.76. The molecule has 1 atom stereocenters. The van der Waals surface area contributed by atoms with E-state index < -0.39 is 0 Å². The Morgan fingerprint density at radius 3 is 2.38 bits per heavy atom. The van der Waals surface area contributed by atoms with Crippen molar-refractivity contribution in [1.29, 1.82) is 0 Å². The Hall–Kier alpha value is -2.38. The monoisotopic (exact) mass is 420 g/mol. The van der Waals surface area contributed by atoms with Crippen molar-refractivity contribution < 1.29 is 19.2 Å². The van der Waals surface area contributed by atoms with E-state index in [0.717, 1.165) is 15.1 Å². The number of amides is 2. The molecule has 3 N–H and O–H groups in total. The third-order valence-corrected chi connectivity index (χ3v) is 4.30. The second-order valence-corrected chi connectivity index (χ2v) is 6.68. The van der Waals surface area contributed by atoms with E-state index in [1.807, 2.05) is 43.3 Å². The van der Waals surface area contributed by atoms with Crippen LogP contribution in [0.2, 0.25) is 0 Å². The molecule has 6 nitrogen and oxygen atoms in total. The summed E-state index contributed by atoms with van der Waals surface area (Å²) in [4.78, 5) is 25.4. The first kappa shape index (κ1) is 19.9. The van der Waals surface area contributed by atoms with E-state index in [-0.39, 0.29) is 24.9 Å². The maximum absolute atomic E-state index is 12.3. The standard InChI is InChI=1S/C19H22BrN3O3/c1-3-23(12-18(24)21-15-8-6-7-14(20)11-15)13-19(25)22-16-9-4-5-10-17(16)26-2/h4-11H,3,12-13H2,1-2H3,(H,21,24)(H,22,25)/p+1. The van der Waals surface area contributed by atoms with Crippen LogP contribution in [-0.4, -0.2) is 38.6 Å². The fourth-order valence-electron chi connectivity index (χ4n) is 2.48. The number of methoxy groups -OCH3 is 1. The fraction of sp³-hybridized carbons (Fsp3) is 0.263. The topological polar surface area (TPSA) is 71.9 Å². The highest BCUT2D eigenvalue weighted by Gasteiger charge is 2.17. The lowest BCUT2D eigenvalue weighted by atomic mass is 10.3. The van der Waals surface area contributed by atoms with E-state index in [0.29, 0.717) is 18.0 Å². The van der Waals surface area contributed by atoms with Gasteiger partial charge in [0.05, 0.1) is 19.3 Å². The molecule has 2 aromatic carbocycles. The van der Waals surface area contributed by atoms with E-state index >= 15 is 0 Å². The predicted octanol–water partition coefficient (Wildman–Crippen LogP) is 1.94. The number of anilines is 2. The van der Waals surface area contributed by atoms with E-state index in [4.69, 9.17) is 4.74 Å². The Balaban J connectivity index is 1.89. The predicted molar refractivity (Wildman–Crippen MR) is 106 cm³/mol. The number of hydrogen-bond donors (Lipinski definition) is 3. The Morgan fingerprint density at radius 2 is 1.73 bits per heavy atom. The first-order valence-electron chi connectivity index (χ1n) is 8.33. The van der Waals surface area contributed by atoms with Crippen molar-refractivity contribution in [2.75, 3.05) is 37.4 Å². The number of hydrogen-bond acceptors (Lipinski definition) is 3. The van der Waals surface area contributed by atoms with Crippen molar-refractivity contribution in [2.24, 2.45) is 0 Å². The van der Waals surface area contributed by atoms with Gasteiger partial charge in [0.1, 0.15) is 5.75 Å². The molecule has 2 amide bonds. The number of benzene rings is 2. The molecule has 0 aromatic heterocycles. The molecule has 0 spiro atoms. The molecule has 0 fully saturated rings. The summed E-state index contributed by atoms with van der Waals surface area (Å²) in [5, 5.41) is 5.68. The summed E-state index contributed by atoms with van der Waals surface area (Å²) < 4.78 is 6.12. The Kier molecular flexibility index (Phi) is 7.62. The van der Waals surface area contributed by atoms with Crippen LogP contribution in [0.5, 0.6) is 5.75 Å². The zero-order chi connectivity index (χ0) is 18.9. The summed E-state index contributed by atoms with van der Waals surface area (Å²) in [6.45, 7) is 3.01. The van der Waals surface area contributed by atoms with Gasteiger partial charge in [0.2, 0.25) is 0 Å². The van der Waals surface area contributed by atoms with Crippen molar-refractivity contribution >= 4 is 39.1 Å². The third-order valence-electron chi connectivity index (χ3n) is 3.81. The van der Waals surface area contributed by atoms with E-state index in [9.17, 15) is 9.59 Å². The molecule has 1 unspecified atom stereocenters. The normalized spacial score (nSPS) is 11.5. The van der Waals surface area contributed by atoms with Gasteiger partial charge in [0.15, 0.2) is 13.1 Å². The van der Waals surface area contributed by atoms with Crippen LogP contribution in [0.1, 0.15) is 6.92 Å². The second kappa shape index (κ2) is 9.94. The Bertz CT molecular complexity index is 767. The number of halogens is 1. The van der Waals surface area contributed by atoms with Crippen LogP contribution in [0.3, 0.4) is 0 Å². The summed E-state index contributed by atoms with van der Waals surface area (Å²) in [6, 6.07) is 14.6. The first-order chi connectivity index (χ1) is 12.5. The third kappa shape index (κ3) is 6.16. The van der Waals surface area contributed by atoms with Crippen molar-refractivity contribution in [3.05, 3.63) is 53.0 Å². The Morgan fingerprint density at radius 1 is 1.04 bits per heavy atom. The van der Waals surface area contributed by atoms with Crippen LogP contribution in [-0.2, 0) is 9.59 Å². The largest absolute Gasteiger partial charge is 0.495 e. The highest BCUT2D eigenvalue weighted by molar-refractivity contribution is 9.10. The van der Waals surface area contributed by atoms with Gasteiger partial charge >= 0.3 is 0 Å². The molecular formula is C19H23BrN3O3+. The Labute approximate surface area is 161 Å². The van der Waals surface area contributed by atoms with Crippen LogP contribution in [0.15, 0.2) is 53.0 Å². The van der Waals surface area contributed by atoms with Gasteiger partial charge in [-0.25, -0.2) is 0 Å². The van der Waals surface area contributed by atoms with Gasteiger partial charge in [-0.2, -0.15) is 0 Å². The summed E-state index contributed by atoms with van der Waals surface area (Å²) in [7, 11) is 1.56. The number of nitrogens with one attached hydrogen (secondary N) is 3. The lowest BCUT2D eigenvalue weighted by Crippen LogP contribution is -3.13. The molecule has 2 aromatic rings. The summed E-state index contributed by atoms with van der Waals surface area (Å²) in [5.41, 5.74) is 1.34. The molecule has 2 rings (SSSR count). The average molecular weight is 421 g/mol. The number of para-hydroxylation sites is 2. The minimum absolute atomic E-state index is 0.134. The van der Waals surface area contributed by atoms with Gasteiger partial charge in [-0.1, -0.05) is 34.1 Å². The number of ether oxygens (including phenoxy) is 1. The number of likely N-dealkylation sites (N-methyl/N-ethyl adjacent to an activating group) is 1. The molecule has 0 saturated carbocycles. The van der Waals surface area contributed by atoms with Crippen molar-refractivity contribution in [2.45, 2.75) is 6.92 Å². The minimum atomic E-state index is -0.165. The molecule has 0 aliphatic rings.